The van der Waals surface area contributed by atoms with Crippen molar-refractivity contribution in [3.63, 3.8) is 0 Å². The second kappa shape index (κ2) is 7.53. The van der Waals surface area contributed by atoms with Crippen LogP contribution in [-0.4, -0.2) is 48.0 Å². The molecule has 1 saturated heterocycles. The highest BCUT2D eigenvalue weighted by Gasteiger charge is 2.21. The molecule has 1 rings (SSSR count). The van der Waals surface area contributed by atoms with Gasteiger partial charge in [0.1, 0.15) is 0 Å². The number of hydrogen-bond donors (Lipinski definition) is 2. The SMILES string of the molecule is CCC1CCCN1CCO.CO. The van der Waals surface area contributed by atoms with Gasteiger partial charge in [-0.25, -0.2) is 0 Å². The molecule has 0 aromatic carbocycles. The van der Waals surface area contributed by atoms with Crippen LogP contribution in [-0.2, 0) is 0 Å². The summed E-state index contributed by atoms with van der Waals surface area (Å²) in [6.45, 7) is 4.61. The minimum atomic E-state index is 0.316. The first-order valence-corrected chi connectivity index (χ1v) is 4.68. The normalized spacial score (nSPS) is 23.5. The predicted octanol–water partition coefficient (Wildman–Crippen LogP) is 0.462. The van der Waals surface area contributed by atoms with Gasteiger partial charge in [0.25, 0.3) is 0 Å². The molecule has 1 fully saturated rings. The van der Waals surface area contributed by atoms with Crippen molar-refractivity contribution in [1.82, 2.24) is 4.90 Å². The summed E-state index contributed by atoms with van der Waals surface area (Å²) in [5, 5.41) is 15.7. The van der Waals surface area contributed by atoms with Crippen molar-refractivity contribution < 1.29 is 10.2 Å². The Balaban J connectivity index is 0.000000561. The van der Waals surface area contributed by atoms with E-state index in [1.165, 1.54) is 25.8 Å². The van der Waals surface area contributed by atoms with E-state index in [1.54, 1.807) is 0 Å². The van der Waals surface area contributed by atoms with Crippen molar-refractivity contribution in [1.29, 1.82) is 0 Å². The number of nitrogens with zero attached hydrogens (tertiary/aromatic N) is 1. The molecular weight excluding hydrogens is 154 g/mol. The van der Waals surface area contributed by atoms with Crippen molar-refractivity contribution in [2.24, 2.45) is 0 Å². The van der Waals surface area contributed by atoms with Gasteiger partial charge in [-0.15, -0.1) is 0 Å². The van der Waals surface area contributed by atoms with Crippen LogP contribution in [0.5, 0.6) is 0 Å². The van der Waals surface area contributed by atoms with Crippen molar-refractivity contribution in [3.05, 3.63) is 0 Å². The first-order valence-electron chi connectivity index (χ1n) is 4.68. The van der Waals surface area contributed by atoms with Crippen molar-refractivity contribution >= 4 is 0 Å². The van der Waals surface area contributed by atoms with Gasteiger partial charge in [-0.2, -0.15) is 0 Å². The molecule has 1 heterocycles. The highest BCUT2D eigenvalue weighted by Crippen LogP contribution is 2.18. The fourth-order valence-corrected chi connectivity index (χ4v) is 1.78. The quantitative estimate of drug-likeness (QED) is 0.655. The number of rotatable bonds is 3. The molecule has 1 unspecified atom stereocenters. The number of hydrogen-bond acceptors (Lipinski definition) is 3. The van der Waals surface area contributed by atoms with Gasteiger partial charge in [0, 0.05) is 19.7 Å². The van der Waals surface area contributed by atoms with Gasteiger partial charge in [0.05, 0.1) is 6.61 Å². The summed E-state index contributed by atoms with van der Waals surface area (Å²) in [6, 6.07) is 0.757. The van der Waals surface area contributed by atoms with E-state index in [0.29, 0.717) is 6.61 Å². The Labute approximate surface area is 75.0 Å². The topological polar surface area (TPSA) is 43.7 Å². The van der Waals surface area contributed by atoms with E-state index in [9.17, 15) is 0 Å². The second-order valence-electron chi connectivity index (χ2n) is 2.96. The van der Waals surface area contributed by atoms with E-state index in [0.717, 1.165) is 19.7 Å². The van der Waals surface area contributed by atoms with Crippen LogP contribution in [0.4, 0.5) is 0 Å². The van der Waals surface area contributed by atoms with Crippen LogP contribution < -0.4 is 0 Å². The van der Waals surface area contributed by atoms with Crippen LogP contribution in [0.2, 0.25) is 0 Å². The Morgan fingerprint density at radius 1 is 1.42 bits per heavy atom. The Kier molecular flexibility index (Phi) is 7.45. The van der Waals surface area contributed by atoms with Crippen molar-refractivity contribution in [3.8, 4) is 0 Å². The smallest absolute Gasteiger partial charge is 0.0558 e. The molecule has 0 radical (unpaired) electrons. The van der Waals surface area contributed by atoms with Gasteiger partial charge in [-0.1, -0.05) is 6.92 Å². The summed E-state index contributed by atoms with van der Waals surface area (Å²) < 4.78 is 0. The highest BCUT2D eigenvalue weighted by atomic mass is 16.3. The third kappa shape index (κ3) is 3.52. The number of aliphatic hydroxyl groups is 2. The fraction of sp³-hybridized carbons (Fsp3) is 1.00. The molecule has 3 heteroatoms. The molecule has 0 aliphatic carbocycles. The lowest BCUT2D eigenvalue weighted by Gasteiger charge is -2.21. The van der Waals surface area contributed by atoms with Gasteiger partial charge in [0.15, 0.2) is 0 Å². The van der Waals surface area contributed by atoms with E-state index in [2.05, 4.69) is 11.8 Å². The number of likely N-dealkylation sites (tertiary alicyclic amines) is 1. The van der Waals surface area contributed by atoms with Gasteiger partial charge in [-0.3, -0.25) is 4.90 Å². The largest absolute Gasteiger partial charge is 0.400 e. The third-order valence-corrected chi connectivity index (χ3v) is 2.36. The average molecular weight is 175 g/mol. The van der Waals surface area contributed by atoms with Crippen LogP contribution in [0.1, 0.15) is 26.2 Å². The molecule has 2 N–H and O–H groups in total. The molecule has 1 aliphatic rings. The van der Waals surface area contributed by atoms with E-state index in [4.69, 9.17) is 10.2 Å². The summed E-state index contributed by atoms with van der Waals surface area (Å²) in [5.41, 5.74) is 0. The van der Waals surface area contributed by atoms with Gasteiger partial charge >= 0.3 is 0 Å². The van der Waals surface area contributed by atoms with Crippen LogP contribution in [0.25, 0.3) is 0 Å². The second-order valence-corrected chi connectivity index (χ2v) is 2.96. The maximum absolute atomic E-state index is 8.70. The minimum absolute atomic E-state index is 0.316. The Morgan fingerprint density at radius 3 is 2.58 bits per heavy atom. The van der Waals surface area contributed by atoms with E-state index in [-0.39, 0.29) is 0 Å². The number of aliphatic hydroxyl groups excluding tert-OH is 2. The summed E-state index contributed by atoms with van der Waals surface area (Å²) in [5.74, 6) is 0. The molecule has 0 saturated carbocycles. The van der Waals surface area contributed by atoms with E-state index < -0.39 is 0 Å². The van der Waals surface area contributed by atoms with Crippen LogP contribution in [0, 0.1) is 0 Å². The van der Waals surface area contributed by atoms with Crippen molar-refractivity contribution in [2.75, 3.05) is 26.8 Å². The Morgan fingerprint density at radius 2 is 2.08 bits per heavy atom. The fourth-order valence-electron chi connectivity index (χ4n) is 1.78. The standard InChI is InChI=1S/C8H17NO.CH4O/c1-2-8-4-3-5-9(8)6-7-10;1-2/h8,10H,2-7H2,1H3;2H,1H3. The maximum atomic E-state index is 8.70. The predicted molar refractivity (Wildman–Crippen MR) is 50.1 cm³/mol. The molecule has 12 heavy (non-hydrogen) atoms. The summed E-state index contributed by atoms with van der Waals surface area (Å²) in [4.78, 5) is 2.39. The molecule has 0 amide bonds. The molecule has 0 aromatic heterocycles. The van der Waals surface area contributed by atoms with E-state index >= 15 is 0 Å². The van der Waals surface area contributed by atoms with Crippen LogP contribution >= 0.6 is 0 Å². The minimum Gasteiger partial charge on any atom is -0.400 e. The highest BCUT2D eigenvalue weighted by molar-refractivity contribution is 4.77. The molecule has 1 aliphatic heterocycles. The van der Waals surface area contributed by atoms with Gasteiger partial charge in [0.2, 0.25) is 0 Å². The molecule has 0 bridgehead atoms. The number of β-amino-alcohol motifs (C(OH)–C–C–N with tert-alkyl or cyclic N) is 1. The molecule has 74 valence electrons. The first-order chi connectivity index (χ1) is 5.88. The third-order valence-electron chi connectivity index (χ3n) is 2.36. The molecule has 3 nitrogen and oxygen atoms in total. The van der Waals surface area contributed by atoms with E-state index in [1.807, 2.05) is 0 Å². The zero-order valence-electron chi connectivity index (χ0n) is 8.16. The summed E-state index contributed by atoms with van der Waals surface area (Å²) >= 11 is 0. The summed E-state index contributed by atoms with van der Waals surface area (Å²) in [7, 11) is 1.00. The zero-order valence-corrected chi connectivity index (χ0v) is 8.16. The molecular formula is C9H21NO2. The van der Waals surface area contributed by atoms with Gasteiger partial charge in [-0.05, 0) is 25.8 Å². The van der Waals surface area contributed by atoms with Gasteiger partial charge < -0.3 is 10.2 Å². The van der Waals surface area contributed by atoms with Crippen molar-refractivity contribution in [2.45, 2.75) is 32.2 Å². The Bertz CT molecular complexity index is 98.5. The lowest BCUT2D eigenvalue weighted by atomic mass is 10.2. The zero-order chi connectivity index (χ0) is 9.40. The average Bonchev–Trinajstić information content (AvgIpc) is 2.56. The molecule has 0 aromatic rings. The summed E-state index contributed by atoms with van der Waals surface area (Å²) in [6.07, 6.45) is 3.88. The van der Waals surface area contributed by atoms with Crippen LogP contribution in [0.15, 0.2) is 0 Å². The first kappa shape index (κ1) is 11.9. The maximum Gasteiger partial charge on any atom is 0.0558 e. The molecule has 1 atom stereocenters. The monoisotopic (exact) mass is 175 g/mol. The lowest BCUT2D eigenvalue weighted by molar-refractivity contribution is 0.182. The lowest BCUT2D eigenvalue weighted by Crippen LogP contribution is -2.31. The Hall–Kier alpha value is -0.120. The molecule has 0 spiro atoms. The van der Waals surface area contributed by atoms with Crippen LogP contribution in [0.3, 0.4) is 0 Å².